The third-order valence-electron chi connectivity index (χ3n) is 4.02. The van der Waals surface area contributed by atoms with Gasteiger partial charge in [-0.1, -0.05) is 25.1 Å². The zero-order valence-corrected chi connectivity index (χ0v) is 13.8. The summed E-state index contributed by atoms with van der Waals surface area (Å²) >= 11 is 0. The van der Waals surface area contributed by atoms with E-state index in [0.717, 1.165) is 13.0 Å². The van der Waals surface area contributed by atoms with E-state index in [9.17, 15) is 0 Å². The van der Waals surface area contributed by atoms with Crippen LogP contribution < -0.4 is 5.32 Å². The predicted octanol–water partition coefficient (Wildman–Crippen LogP) is 4.40. The summed E-state index contributed by atoms with van der Waals surface area (Å²) in [7, 11) is 0. The lowest BCUT2D eigenvalue weighted by Crippen LogP contribution is -2.24. The lowest BCUT2D eigenvalue weighted by atomic mass is 9.92. The molecule has 2 aromatic rings. The van der Waals surface area contributed by atoms with Crippen molar-refractivity contribution in [3.8, 4) is 0 Å². The largest absolute Gasteiger partial charge is 0.306 e. The van der Waals surface area contributed by atoms with Crippen LogP contribution in [0.4, 0.5) is 0 Å². The van der Waals surface area contributed by atoms with E-state index < -0.39 is 0 Å². The summed E-state index contributed by atoms with van der Waals surface area (Å²) in [5.41, 5.74) is 7.85. The minimum absolute atomic E-state index is 0.219. The molecule has 0 saturated carbocycles. The number of nitrogens with zero attached hydrogens (tertiary/aromatic N) is 1. The molecule has 21 heavy (non-hydrogen) atoms. The number of benzene rings is 1. The first-order valence-electron chi connectivity index (χ1n) is 7.75. The third kappa shape index (κ3) is 3.70. The number of nitrogens with one attached hydrogen (secondary N) is 1. The number of aryl methyl sites for hydroxylation is 4. The Kier molecular flexibility index (Phi) is 5.13. The molecule has 1 unspecified atom stereocenters. The van der Waals surface area contributed by atoms with Gasteiger partial charge >= 0.3 is 0 Å². The molecule has 1 aromatic heterocycles. The SMILES string of the molecule is CCCNC(c1cncc(C)c1)c1cc(C)c(C)cc1C. The minimum Gasteiger partial charge on any atom is -0.306 e. The summed E-state index contributed by atoms with van der Waals surface area (Å²) < 4.78 is 0. The van der Waals surface area contributed by atoms with E-state index in [-0.39, 0.29) is 6.04 Å². The molecule has 0 aliphatic rings. The van der Waals surface area contributed by atoms with E-state index in [2.05, 4.69) is 63.1 Å². The van der Waals surface area contributed by atoms with Crippen molar-refractivity contribution in [1.29, 1.82) is 0 Å². The second-order valence-corrected chi connectivity index (χ2v) is 5.98. The van der Waals surface area contributed by atoms with Crippen LogP contribution in [-0.2, 0) is 0 Å². The molecule has 0 radical (unpaired) electrons. The number of hydrogen-bond donors (Lipinski definition) is 1. The maximum Gasteiger partial charge on any atom is 0.0594 e. The Balaban J connectivity index is 2.47. The normalized spacial score (nSPS) is 12.4. The molecule has 0 saturated heterocycles. The smallest absolute Gasteiger partial charge is 0.0594 e. The molecule has 0 amide bonds. The molecular weight excluding hydrogens is 256 g/mol. The monoisotopic (exact) mass is 282 g/mol. The van der Waals surface area contributed by atoms with E-state index >= 15 is 0 Å². The first kappa shape index (κ1) is 15.7. The molecule has 2 heteroatoms. The molecule has 2 nitrogen and oxygen atoms in total. The van der Waals surface area contributed by atoms with Gasteiger partial charge < -0.3 is 5.32 Å². The highest BCUT2D eigenvalue weighted by molar-refractivity contribution is 5.42. The summed E-state index contributed by atoms with van der Waals surface area (Å²) in [5.74, 6) is 0. The van der Waals surface area contributed by atoms with Crippen molar-refractivity contribution in [2.24, 2.45) is 0 Å². The first-order chi connectivity index (χ1) is 10.0. The summed E-state index contributed by atoms with van der Waals surface area (Å²) in [4.78, 5) is 4.37. The summed E-state index contributed by atoms with van der Waals surface area (Å²) in [6.45, 7) is 11.9. The van der Waals surface area contributed by atoms with Crippen LogP contribution in [0.1, 0.15) is 52.8 Å². The van der Waals surface area contributed by atoms with Crippen molar-refractivity contribution in [1.82, 2.24) is 10.3 Å². The maximum absolute atomic E-state index is 4.37. The van der Waals surface area contributed by atoms with Crippen LogP contribution >= 0.6 is 0 Å². The fraction of sp³-hybridized carbons (Fsp3) is 0.421. The number of pyridine rings is 1. The topological polar surface area (TPSA) is 24.9 Å². The molecule has 1 atom stereocenters. The summed E-state index contributed by atoms with van der Waals surface area (Å²) in [6.07, 6.45) is 5.02. The van der Waals surface area contributed by atoms with Crippen molar-refractivity contribution >= 4 is 0 Å². The van der Waals surface area contributed by atoms with Crippen molar-refractivity contribution in [3.63, 3.8) is 0 Å². The highest BCUT2D eigenvalue weighted by atomic mass is 14.9. The van der Waals surface area contributed by atoms with Gasteiger partial charge in [0.2, 0.25) is 0 Å². The Morgan fingerprint density at radius 1 is 0.952 bits per heavy atom. The van der Waals surface area contributed by atoms with Crippen molar-refractivity contribution < 1.29 is 0 Å². The highest BCUT2D eigenvalue weighted by Crippen LogP contribution is 2.27. The minimum atomic E-state index is 0.219. The van der Waals surface area contributed by atoms with Crippen LogP contribution in [0.15, 0.2) is 30.6 Å². The molecule has 0 aliphatic carbocycles. The Morgan fingerprint density at radius 2 is 1.67 bits per heavy atom. The van der Waals surface area contributed by atoms with Crippen molar-refractivity contribution in [3.05, 3.63) is 64.0 Å². The average molecular weight is 282 g/mol. The molecule has 1 N–H and O–H groups in total. The second kappa shape index (κ2) is 6.86. The van der Waals surface area contributed by atoms with Crippen LogP contribution in [-0.4, -0.2) is 11.5 Å². The lowest BCUT2D eigenvalue weighted by Gasteiger charge is -2.23. The number of aromatic nitrogens is 1. The van der Waals surface area contributed by atoms with E-state index in [1.54, 1.807) is 0 Å². The van der Waals surface area contributed by atoms with Gasteiger partial charge in [0.1, 0.15) is 0 Å². The molecule has 1 aromatic carbocycles. The Hall–Kier alpha value is -1.67. The van der Waals surface area contributed by atoms with E-state index in [4.69, 9.17) is 0 Å². The van der Waals surface area contributed by atoms with Gasteiger partial charge in [0, 0.05) is 12.4 Å². The van der Waals surface area contributed by atoms with Crippen LogP contribution in [0.5, 0.6) is 0 Å². The third-order valence-corrected chi connectivity index (χ3v) is 4.02. The van der Waals surface area contributed by atoms with Gasteiger partial charge in [-0.15, -0.1) is 0 Å². The number of hydrogen-bond acceptors (Lipinski definition) is 2. The number of rotatable bonds is 5. The fourth-order valence-corrected chi connectivity index (χ4v) is 2.73. The van der Waals surface area contributed by atoms with Crippen molar-refractivity contribution in [2.75, 3.05) is 6.54 Å². The Bertz CT molecular complexity index is 617. The van der Waals surface area contributed by atoms with E-state index in [0.29, 0.717) is 0 Å². The molecule has 2 rings (SSSR count). The molecule has 0 fully saturated rings. The van der Waals surface area contributed by atoms with Gasteiger partial charge in [0.25, 0.3) is 0 Å². The molecule has 1 heterocycles. The van der Waals surface area contributed by atoms with Crippen LogP contribution in [0, 0.1) is 27.7 Å². The molecule has 0 spiro atoms. The summed E-state index contributed by atoms with van der Waals surface area (Å²) in [6, 6.07) is 7.06. The Morgan fingerprint density at radius 3 is 2.33 bits per heavy atom. The van der Waals surface area contributed by atoms with Gasteiger partial charge in [-0.3, -0.25) is 4.98 Å². The molecular formula is C19H26N2. The molecule has 0 bridgehead atoms. The zero-order chi connectivity index (χ0) is 15.4. The predicted molar refractivity (Wildman–Crippen MR) is 89.8 cm³/mol. The van der Waals surface area contributed by atoms with Crippen LogP contribution in [0.25, 0.3) is 0 Å². The molecule has 112 valence electrons. The van der Waals surface area contributed by atoms with Gasteiger partial charge in [0.15, 0.2) is 0 Å². The van der Waals surface area contributed by atoms with Crippen LogP contribution in [0.2, 0.25) is 0 Å². The summed E-state index contributed by atoms with van der Waals surface area (Å²) in [5, 5.41) is 3.68. The van der Waals surface area contributed by atoms with Crippen molar-refractivity contribution in [2.45, 2.75) is 47.1 Å². The quantitative estimate of drug-likeness (QED) is 0.879. The van der Waals surface area contributed by atoms with E-state index in [1.807, 2.05) is 12.4 Å². The van der Waals surface area contributed by atoms with Gasteiger partial charge in [-0.05, 0) is 74.0 Å². The zero-order valence-electron chi connectivity index (χ0n) is 13.8. The van der Waals surface area contributed by atoms with Crippen LogP contribution in [0.3, 0.4) is 0 Å². The first-order valence-corrected chi connectivity index (χ1v) is 7.75. The standard InChI is InChI=1S/C19H26N2/c1-6-7-21-19(17-8-13(2)11-20-12-17)18-10-15(4)14(3)9-16(18)5/h8-12,19,21H,6-7H2,1-5H3. The van der Waals surface area contributed by atoms with E-state index in [1.165, 1.54) is 33.4 Å². The fourth-order valence-electron chi connectivity index (χ4n) is 2.73. The average Bonchev–Trinajstić information content (AvgIpc) is 2.44. The lowest BCUT2D eigenvalue weighted by molar-refractivity contribution is 0.594. The highest BCUT2D eigenvalue weighted by Gasteiger charge is 2.17. The van der Waals surface area contributed by atoms with Gasteiger partial charge in [-0.25, -0.2) is 0 Å². The van der Waals surface area contributed by atoms with Gasteiger partial charge in [-0.2, -0.15) is 0 Å². The van der Waals surface area contributed by atoms with Gasteiger partial charge in [0.05, 0.1) is 6.04 Å². The molecule has 0 aliphatic heterocycles. The maximum atomic E-state index is 4.37. The Labute approximate surface area is 128 Å². The second-order valence-electron chi connectivity index (χ2n) is 5.98.